The minimum atomic E-state index is -4.47. The van der Waals surface area contributed by atoms with Crippen molar-refractivity contribution in [2.45, 2.75) is 63.3 Å². The highest BCUT2D eigenvalue weighted by Crippen LogP contribution is 2.36. The van der Waals surface area contributed by atoms with E-state index in [-0.39, 0.29) is 50.4 Å². The van der Waals surface area contributed by atoms with E-state index in [2.05, 4.69) is 5.32 Å². The maximum Gasteiger partial charge on any atom is 0.416 e. The van der Waals surface area contributed by atoms with Gasteiger partial charge in [-0.05, 0) is 66.8 Å². The normalized spacial score (nSPS) is 13.6. The zero-order valence-electron chi connectivity index (χ0n) is 26.4. The van der Waals surface area contributed by atoms with E-state index < -0.39 is 33.8 Å². The molecule has 256 valence electrons. The minimum absolute atomic E-state index is 0.00495. The summed E-state index contributed by atoms with van der Waals surface area (Å²) in [6, 6.07) is 14.8. The molecule has 0 aliphatic carbocycles. The first kappa shape index (κ1) is 35.8. The first-order chi connectivity index (χ1) is 22.3. The summed E-state index contributed by atoms with van der Waals surface area (Å²) >= 11 is 0. The molecule has 0 saturated carbocycles. The van der Waals surface area contributed by atoms with E-state index in [1.807, 2.05) is 13.8 Å². The Morgan fingerprint density at radius 1 is 1.00 bits per heavy atom. The van der Waals surface area contributed by atoms with E-state index in [0.29, 0.717) is 47.6 Å². The number of rotatable bonds is 15. The number of anilines is 1. The quantitative estimate of drug-likeness (QED) is 0.141. The third-order valence-corrected chi connectivity index (χ3v) is 9.60. The number of nitrogens with one attached hydrogen (secondary N) is 1. The summed E-state index contributed by atoms with van der Waals surface area (Å²) in [5.41, 5.74) is 6.59. The summed E-state index contributed by atoms with van der Waals surface area (Å²) in [7, 11) is -3.91. The lowest BCUT2D eigenvalue weighted by molar-refractivity contribution is -0.137. The molecule has 3 aromatic carbocycles. The third-order valence-electron chi connectivity index (χ3n) is 7.67. The molecule has 0 spiro atoms. The Balaban J connectivity index is 1.40. The molecule has 1 heterocycles. The maximum atomic E-state index is 13.5. The number of para-hydroxylation sites is 1. The molecule has 0 unspecified atom stereocenters. The number of hydrogen-bond donors (Lipinski definition) is 3. The molecule has 47 heavy (non-hydrogen) atoms. The van der Waals surface area contributed by atoms with Crippen molar-refractivity contribution in [3.8, 4) is 11.5 Å². The molecule has 0 saturated heterocycles. The maximum absolute atomic E-state index is 13.5. The molecule has 0 fully saturated rings. The average molecular weight is 679 g/mol. The minimum Gasteiger partial charge on any atom is -0.454 e. The number of hydrogen-bond acceptors (Lipinski definition) is 7. The van der Waals surface area contributed by atoms with E-state index in [1.54, 1.807) is 18.2 Å². The van der Waals surface area contributed by atoms with E-state index in [4.69, 9.17) is 15.2 Å². The number of carbonyl (C=O) groups excluding carboxylic acids is 1. The molecule has 1 aliphatic rings. The molecule has 3 aromatic rings. The SMILES string of the molecule is CC(C)CN([C@H](CO)CCCCNC(=O)N(Cc1ccc(C(F)(F)F)cc1)Cc1cccc2c1OCO2)S(=O)(=O)c1ccc(N)cc1. The standard InChI is InChI=1S/C33H41F3N4O6S/c1-23(2)18-40(47(43,44)29-15-13-27(37)14-16-29)28(21-41)7-3-4-17-38-32(42)39(19-24-9-11-26(12-10-24)33(34,35)36)20-25-6-5-8-30-31(25)46-22-45-30/h5-6,8-16,23,28,41H,3-4,7,17-22,37H2,1-2H3,(H,38,42)/t28-/m0/s1. The van der Waals surface area contributed by atoms with Gasteiger partial charge in [0.15, 0.2) is 11.5 Å². The predicted octanol–water partition coefficient (Wildman–Crippen LogP) is 5.61. The van der Waals surface area contributed by atoms with Gasteiger partial charge in [0.1, 0.15) is 0 Å². The molecule has 4 N–H and O–H groups in total. The Bertz CT molecular complexity index is 1590. The number of sulfonamides is 1. The monoisotopic (exact) mass is 678 g/mol. The summed E-state index contributed by atoms with van der Waals surface area (Å²) in [6.07, 6.45) is -3.12. The fourth-order valence-electron chi connectivity index (χ4n) is 5.26. The molecule has 0 aromatic heterocycles. The summed E-state index contributed by atoms with van der Waals surface area (Å²) < 4.78 is 78.7. The molecular weight excluding hydrogens is 637 g/mol. The van der Waals surface area contributed by atoms with Crippen LogP contribution in [0.5, 0.6) is 11.5 Å². The van der Waals surface area contributed by atoms with E-state index in [1.165, 1.54) is 45.6 Å². The van der Waals surface area contributed by atoms with Gasteiger partial charge < -0.3 is 30.5 Å². The van der Waals surface area contributed by atoms with Crippen molar-refractivity contribution in [3.63, 3.8) is 0 Å². The Morgan fingerprint density at radius 3 is 2.34 bits per heavy atom. The van der Waals surface area contributed by atoms with Gasteiger partial charge in [-0.25, -0.2) is 13.2 Å². The molecular formula is C33H41F3N4O6S. The number of amides is 2. The van der Waals surface area contributed by atoms with Gasteiger partial charge in [-0.2, -0.15) is 17.5 Å². The number of carbonyl (C=O) groups is 1. The van der Waals surface area contributed by atoms with Crippen LogP contribution in [0.15, 0.2) is 71.6 Å². The van der Waals surface area contributed by atoms with Gasteiger partial charge in [0.2, 0.25) is 16.8 Å². The number of alkyl halides is 3. The number of benzene rings is 3. The Kier molecular flexibility index (Phi) is 12.0. The van der Waals surface area contributed by atoms with Crippen molar-refractivity contribution >= 4 is 21.7 Å². The number of ether oxygens (including phenoxy) is 2. The number of fused-ring (bicyclic) bond motifs is 1. The van der Waals surface area contributed by atoms with Gasteiger partial charge in [-0.15, -0.1) is 0 Å². The summed E-state index contributed by atoms with van der Waals surface area (Å²) in [5, 5.41) is 13.1. The highest BCUT2D eigenvalue weighted by Gasteiger charge is 2.32. The van der Waals surface area contributed by atoms with Gasteiger partial charge in [0.05, 0.1) is 23.6 Å². The van der Waals surface area contributed by atoms with Crippen LogP contribution in [0.25, 0.3) is 0 Å². The molecule has 1 aliphatic heterocycles. The van der Waals surface area contributed by atoms with Crippen molar-refractivity contribution in [1.29, 1.82) is 0 Å². The van der Waals surface area contributed by atoms with Gasteiger partial charge in [-0.1, -0.05) is 44.5 Å². The molecule has 0 bridgehead atoms. The third kappa shape index (κ3) is 9.52. The van der Waals surface area contributed by atoms with Crippen LogP contribution in [-0.4, -0.2) is 61.3 Å². The number of aliphatic hydroxyl groups is 1. The fourth-order valence-corrected chi connectivity index (χ4v) is 7.07. The van der Waals surface area contributed by atoms with Crippen LogP contribution in [0.4, 0.5) is 23.7 Å². The zero-order chi connectivity index (χ0) is 34.2. The molecule has 14 heteroatoms. The van der Waals surface area contributed by atoms with Gasteiger partial charge in [0.25, 0.3) is 0 Å². The van der Waals surface area contributed by atoms with Crippen molar-refractivity contribution < 1.29 is 41.0 Å². The largest absolute Gasteiger partial charge is 0.454 e. The average Bonchev–Trinajstić information content (AvgIpc) is 3.51. The van der Waals surface area contributed by atoms with Crippen molar-refractivity contribution in [2.75, 3.05) is 32.2 Å². The number of halogens is 3. The van der Waals surface area contributed by atoms with E-state index in [0.717, 1.165) is 12.1 Å². The molecule has 2 amide bonds. The number of unbranched alkanes of at least 4 members (excludes halogenated alkanes) is 1. The first-order valence-electron chi connectivity index (χ1n) is 15.3. The van der Waals surface area contributed by atoms with Gasteiger partial charge in [-0.3, -0.25) is 0 Å². The van der Waals surface area contributed by atoms with Crippen molar-refractivity contribution in [2.24, 2.45) is 5.92 Å². The summed E-state index contributed by atoms with van der Waals surface area (Å²) in [5.74, 6) is 1.05. The molecule has 1 atom stereocenters. The number of aliphatic hydroxyl groups excluding tert-OH is 1. The van der Waals surface area contributed by atoms with Crippen LogP contribution in [0, 0.1) is 5.92 Å². The highest BCUT2D eigenvalue weighted by atomic mass is 32.2. The topological polar surface area (TPSA) is 134 Å². The first-order valence-corrected chi connectivity index (χ1v) is 16.8. The molecule has 4 rings (SSSR count). The highest BCUT2D eigenvalue weighted by molar-refractivity contribution is 7.89. The zero-order valence-corrected chi connectivity index (χ0v) is 27.2. The smallest absolute Gasteiger partial charge is 0.416 e. The summed E-state index contributed by atoms with van der Waals surface area (Å²) in [6.45, 7) is 4.08. The second kappa shape index (κ2) is 15.7. The van der Waals surface area contributed by atoms with Crippen LogP contribution in [-0.2, 0) is 29.3 Å². The van der Waals surface area contributed by atoms with Crippen molar-refractivity contribution in [1.82, 2.24) is 14.5 Å². The Morgan fingerprint density at radius 2 is 1.70 bits per heavy atom. The van der Waals surface area contributed by atoms with Crippen LogP contribution < -0.4 is 20.5 Å². The second-order valence-electron chi connectivity index (χ2n) is 11.8. The number of nitrogens with zero attached hydrogens (tertiary/aromatic N) is 2. The lowest BCUT2D eigenvalue weighted by Crippen LogP contribution is -2.44. The lowest BCUT2D eigenvalue weighted by Gasteiger charge is -2.31. The number of urea groups is 1. The number of nitrogens with two attached hydrogens (primary N) is 1. The van der Waals surface area contributed by atoms with Gasteiger partial charge in [0, 0.05) is 36.9 Å². The van der Waals surface area contributed by atoms with E-state index in [9.17, 15) is 31.5 Å². The Hall–Kier alpha value is -4.01. The second-order valence-corrected chi connectivity index (χ2v) is 13.7. The van der Waals surface area contributed by atoms with Crippen LogP contribution >= 0.6 is 0 Å². The van der Waals surface area contributed by atoms with E-state index >= 15 is 0 Å². The van der Waals surface area contributed by atoms with Crippen LogP contribution in [0.3, 0.4) is 0 Å². The van der Waals surface area contributed by atoms with Crippen molar-refractivity contribution in [3.05, 3.63) is 83.4 Å². The molecule has 0 radical (unpaired) electrons. The lowest BCUT2D eigenvalue weighted by atomic mass is 10.1. The van der Waals surface area contributed by atoms with Crippen LogP contribution in [0.2, 0.25) is 0 Å². The van der Waals surface area contributed by atoms with Crippen LogP contribution in [0.1, 0.15) is 49.8 Å². The summed E-state index contributed by atoms with van der Waals surface area (Å²) in [4.78, 5) is 15.0. The Labute approximate surface area is 273 Å². The fraction of sp³-hybridized carbons (Fsp3) is 0.424. The molecule has 10 nitrogen and oxygen atoms in total. The predicted molar refractivity (Wildman–Crippen MR) is 171 cm³/mol. The van der Waals surface area contributed by atoms with Gasteiger partial charge >= 0.3 is 12.2 Å². The number of nitrogen functional groups attached to an aromatic ring is 1.